The van der Waals surface area contributed by atoms with E-state index >= 15 is 0 Å². The first-order chi connectivity index (χ1) is 14.3. The summed E-state index contributed by atoms with van der Waals surface area (Å²) in [5.41, 5.74) is 0.0852. The second-order valence-electron chi connectivity index (χ2n) is 6.33. The zero-order chi connectivity index (χ0) is 21.9. The SMILES string of the molecule is COc1cc(-c2ccc(=O)n(Cc3cccc(C(F)(F)F)c3)n2)cc(OC)c1OC. The highest BCUT2D eigenvalue weighted by atomic mass is 19.4. The smallest absolute Gasteiger partial charge is 0.416 e. The van der Waals surface area contributed by atoms with Gasteiger partial charge in [0.25, 0.3) is 5.56 Å². The molecule has 2 aromatic carbocycles. The lowest BCUT2D eigenvalue weighted by Crippen LogP contribution is -2.23. The molecule has 0 saturated carbocycles. The van der Waals surface area contributed by atoms with E-state index < -0.39 is 17.3 Å². The molecule has 0 unspecified atom stereocenters. The number of aromatic nitrogens is 2. The van der Waals surface area contributed by atoms with Crippen molar-refractivity contribution in [2.24, 2.45) is 0 Å². The summed E-state index contributed by atoms with van der Waals surface area (Å²) in [6.07, 6.45) is -4.47. The summed E-state index contributed by atoms with van der Waals surface area (Å²) in [5.74, 6) is 1.22. The van der Waals surface area contributed by atoms with Gasteiger partial charge in [-0.1, -0.05) is 12.1 Å². The Kier molecular flexibility index (Phi) is 6.00. The highest BCUT2D eigenvalue weighted by Gasteiger charge is 2.30. The third kappa shape index (κ3) is 4.40. The molecule has 30 heavy (non-hydrogen) atoms. The van der Waals surface area contributed by atoms with Crippen LogP contribution in [0.4, 0.5) is 13.2 Å². The average Bonchev–Trinajstić information content (AvgIpc) is 2.73. The van der Waals surface area contributed by atoms with Crippen LogP contribution in [0.25, 0.3) is 11.3 Å². The van der Waals surface area contributed by atoms with E-state index in [1.807, 2.05) is 0 Å². The predicted molar refractivity (Wildman–Crippen MR) is 104 cm³/mol. The maximum atomic E-state index is 13.0. The number of methoxy groups -OCH3 is 3. The lowest BCUT2D eigenvalue weighted by molar-refractivity contribution is -0.137. The van der Waals surface area contributed by atoms with E-state index in [9.17, 15) is 18.0 Å². The maximum absolute atomic E-state index is 13.0. The molecular weight excluding hydrogens is 401 g/mol. The molecule has 158 valence electrons. The Balaban J connectivity index is 2.02. The summed E-state index contributed by atoms with van der Waals surface area (Å²) in [5, 5.41) is 4.31. The van der Waals surface area contributed by atoms with Crippen molar-refractivity contribution in [1.82, 2.24) is 9.78 Å². The molecule has 0 aliphatic heterocycles. The van der Waals surface area contributed by atoms with Crippen molar-refractivity contribution in [3.05, 3.63) is 70.0 Å². The standard InChI is InChI=1S/C21H19F3N2O4/c1-28-17-10-14(11-18(29-2)20(17)30-3)16-7-8-19(27)26(25-16)12-13-5-4-6-15(9-13)21(22,23)24/h4-11H,12H2,1-3H3. The van der Waals surface area contributed by atoms with Crippen LogP contribution in [0.1, 0.15) is 11.1 Å². The van der Waals surface area contributed by atoms with Crippen molar-refractivity contribution in [1.29, 1.82) is 0 Å². The van der Waals surface area contributed by atoms with Gasteiger partial charge in [0.2, 0.25) is 5.75 Å². The van der Waals surface area contributed by atoms with Gasteiger partial charge in [0.05, 0.1) is 39.1 Å². The fraction of sp³-hybridized carbons (Fsp3) is 0.238. The highest BCUT2D eigenvalue weighted by Crippen LogP contribution is 2.40. The molecule has 0 aliphatic rings. The fourth-order valence-electron chi connectivity index (χ4n) is 2.96. The predicted octanol–water partition coefficient (Wildman–Crippen LogP) is 4.00. The van der Waals surface area contributed by atoms with Gasteiger partial charge in [-0.15, -0.1) is 0 Å². The third-order valence-electron chi connectivity index (χ3n) is 4.41. The second-order valence-corrected chi connectivity index (χ2v) is 6.33. The van der Waals surface area contributed by atoms with E-state index in [0.717, 1.165) is 16.8 Å². The summed E-state index contributed by atoms with van der Waals surface area (Å²) in [4.78, 5) is 12.2. The monoisotopic (exact) mass is 420 g/mol. The molecule has 0 N–H and O–H groups in total. The van der Waals surface area contributed by atoms with Crippen molar-refractivity contribution in [3.8, 4) is 28.5 Å². The minimum Gasteiger partial charge on any atom is -0.493 e. The Labute approximate surface area is 170 Å². The maximum Gasteiger partial charge on any atom is 0.416 e. The van der Waals surface area contributed by atoms with Crippen molar-refractivity contribution < 1.29 is 27.4 Å². The minimum atomic E-state index is -4.47. The molecule has 0 saturated heterocycles. The van der Waals surface area contributed by atoms with Crippen molar-refractivity contribution in [3.63, 3.8) is 0 Å². The highest BCUT2D eigenvalue weighted by molar-refractivity contribution is 5.68. The summed E-state index contributed by atoms with van der Waals surface area (Å²) < 4.78 is 55.9. The molecule has 3 aromatic rings. The zero-order valence-corrected chi connectivity index (χ0v) is 16.5. The van der Waals surface area contributed by atoms with Gasteiger partial charge in [0.15, 0.2) is 11.5 Å². The Hall–Kier alpha value is -3.49. The van der Waals surface area contributed by atoms with E-state index in [-0.39, 0.29) is 6.54 Å². The van der Waals surface area contributed by atoms with Gasteiger partial charge in [0.1, 0.15) is 0 Å². The van der Waals surface area contributed by atoms with E-state index in [1.165, 1.54) is 45.6 Å². The van der Waals surface area contributed by atoms with E-state index in [0.29, 0.717) is 34.1 Å². The van der Waals surface area contributed by atoms with Crippen molar-refractivity contribution in [2.75, 3.05) is 21.3 Å². The third-order valence-corrected chi connectivity index (χ3v) is 4.41. The molecule has 0 aliphatic carbocycles. The van der Waals surface area contributed by atoms with Crippen LogP contribution in [0.15, 0.2) is 53.3 Å². The Morgan fingerprint density at radius 3 is 2.17 bits per heavy atom. The molecule has 0 spiro atoms. The van der Waals surface area contributed by atoms with Gasteiger partial charge >= 0.3 is 6.18 Å². The molecular formula is C21H19F3N2O4. The van der Waals surface area contributed by atoms with Crippen molar-refractivity contribution in [2.45, 2.75) is 12.7 Å². The van der Waals surface area contributed by atoms with Crippen LogP contribution < -0.4 is 19.8 Å². The molecule has 0 amide bonds. The Morgan fingerprint density at radius 1 is 0.933 bits per heavy atom. The molecule has 0 bridgehead atoms. The number of rotatable bonds is 6. The van der Waals surface area contributed by atoms with Gasteiger partial charge in [-0.25, -0.2) is 4.68 Å². The summed E-state index contributed by atoms with van der Waals surface area (Å²) in [7, 11) is 4.43. The van der Waals surface area contributed by atoms with E-state index in [2.05, 4.69) is 5.10 Å². The van der Waals surface area contributed by atoms with Crippen LogP contribution in [0.2, 0.25) is 0 Å². The number of alkyl halides is 3. The first kappa shape index (κ1) is 21.2. The molecule has 1 heterocycles. The number of hydrogen-bond acceptors (Lipinski definition) is 5. The number of nitrogens with zero attached hydrogens (tertiary/aromatic N) is 2. The molecule has 0 atom stereocenters. The van der Waals surface area contributed by atoms with Crippen LogP contribution in [-0.2, 0) is 12.7 Å². The van der Waals surface area contributed by atoms with Crippen LogP contribution in [0.3, 0.4) is 0 Å². The van der Waals surface area contributed by atoms with Gasteiger partial charge in [-0.05, 0) is 35.9 Å². The van der Waals surface area contributed by atoms with Gasteiger partial charge in [-0.2, -0.15) is 18.3 Å². The first-order valence-electron chi connectivity index (χ1n) is 8.81. The Morgan fingerprint density at radius 2 is 1.60 bits per heavy atom. The van der Waals surface area contributed by atoms with Crippen LogP contribution in [0, 0.1) is 0 Å². The molecule has 9 heteroatoms. The lowest BCUT2D eigenvalue weighted by atomic mass is 10.1. The van der Waals surface area contributed by atoms with E-state index in [4.69, 9.17) is 14.2 Å². The normalized spacial score (nSPS) is 11.3. The largest absolute Gasteiger partial charge is 0.493 e. The molecule has 0 radical (unpaired) electrons. The zero-order valence-electron chi connectivity index (χ0n) is 16.5. The van der Waals surface area contributed by atoms with Crippen LogP contribution in [-0.4, -0.2) is 31.1 Å². The summed E-state index contributed by atoms with van der Waals surface area (Å²) in [6.45, 7) is -0.110. The number of ether oxygens (including phenoxy) is 3. The molecule has 0 fully saturated rings. The molecule has 3 rings (SSSR count). The van der Waals surface area contributed by atoms with Gasteiger partial charge < -0.3 is 14.2 Å². The topological polar surface area (TPSA) is 62.6 Å². The van der Waals surface area contributed by atoms with E-state index in [1.54, 1.807) is 12.1 Å². The van der Waals surface area contributed by atoms with Crippen LogP contribution >= 0.6 is 0 Å². The van der Waals surface area contributed by atoms with Gasteiger partial charge in [0, 0.05) is 11.6 Å². The van der Waals surface area contributed by atoms with Gasteiger partial charge in [-0.3, -0.25) is 4.79 Å². The quantitative estimate of drug-likeness (QED) is 0.603. The molecule has 6 nitrogen and oxygen atoms in total. The lowest BCUT2D eigenvalue weighted by Gasteiger charge is -2.14. The first-order valence-corrected chi connectivity index (χ1v) is 8.81. The minimum absolute atomic E-state index is 0.110. The second kappa shape index (κ2) is 8.48. The number of benzene rings is 2. The number of halogens is 3. The summed E-state index contributed by atoms with van der Waals surface area (Å²) >= 11 is 0. The Bertz CT molecular complexity index is 1080. The summed E-state index contributed by atoms with van der Waals surface area (Å²) in [6, 6.07) is 10.9. The van der Waals surface area contributed by atoms with Crippen molar-refractivity contribution >= 4 is 0 Å². The number of hydrogen-bond donors (Lipinski definition) is 0. The average molecular weight is 420 g/mol. The van der Waals surface area contributed by atoms with Crippen LogP contribution in [0.5, 0.6) is 17.2 Å². The molecule has 1 aromatic heterocycles. The fourth-order valence-corrected chi connectivity index (χ4v) is 2.96.